The van der Waals surface area contributed by atoms with Crippen molar-refractivity contribution < 1.29 is 14.0 Å². The van der Waals surface area contributed by atoms with Gasteiger partial charge in [0, 0.05) is 22.7 Å². The number of nitrogens with one attached hydrogen (secondary N) is 1. The lowest BCUT2D eigenvalue weighted by Crippen LogP contribution is -2.32. The molecular weight excluding hydrogens is 402 g/mol. The van der Waals surface area contributed by atoms with Crippen molar-refractivity contribution in [2.24, 2.45) is 5.10 Å². The number of hydrogen-bond acceptors (Lipinski definition) is 5. The van der Waals surface area contributed by atoms with Gasteiger partial charge in [0.1, 0.15) is 11.8 Å². The number of Topliss-reactive ketones (excluding diaryl/α,β-unsaturated/α-hetero) is 1. The number of nitrogens with zero attached hydrogens (tertiary/aromatic N) is 2. The fourth-order valence-corrected chi connectivity index (χ4v) is 3.47. The molecule has 0 saturated heterocycles. The molecule has 1 aromatic heterocycles. The Labute approximate surface area is 179 Å². The molecule has 3 aromatic rings. The predicted octanol–water partition coefficient (Wildman–Crippen LogP) is 4.93. The quantitative estimate of drug-likeness (QED) is 0.573. The minimum Gasteiger partial charge on any atom is -0.467 e. The molecular formula is C23H20ClN3O3. The number of anilines is 1. The monoisotopic (exact) mass is 421 g/mol. The molecule has 4 rings (SSSR count). The fraction of sp³-hybridized carbons (Fsp3) is 0.174. The highest BCUT2D eigenvalue weighted by molar-refractivity contribution is 6.30. The van der Waals surface area contributed by atoms with Crippen molar-refractivity contribution in [3.05, 3.63) is 88.8 Å². The van der Waals surface area contributed by atoms with E-state index in [1.807, 2.05) is 18.2 Å². The van der Waals surface area contributed by atoms with Crippen LogP contribution < -0.4 is 5.32 Å². The molecule has 0 fully saturated rings. The first-order valence-electron chi connectivity index (χ1n) is 9.55. The molecule has 1 atom stereocenters. The van der Waals surface area contributed by atoms with E-state index in [9.17, 15) is 9.59 Å². The number of hydrazone groups is 1. The smallest absolute Gasteiger partial charge is 0.262 e. The van der Waals surface area contributed by atoms with Crippen LogP contribution in [0.1, 0.15) is 41.1 Å². The number of hydrogen-bond donors (Lipinski definition) is 1. The summed E-state index contributed by atoms with van der Waals surface area (Å²) in [5.74, 6) is 0.498. The summed E-state index contributed by atoms with van der Waals surface area (Å²) in [4.78, 5) is 24.4. The van der Waals surface area contributed by atoms with Gasteiger partial charge in [0.15, 0.2) is 5.78 Å². The second-order valence-electron chi connectivity index (χ2n) is 7.01. The summed E-state index contributed by atoms with van der Waals surface area (Å²) in [5, 5.41) is 9.80. The van der Waals surface area contributed by atoms with E-state index in [2.05, 4.69) is 10.4 Å². The van der Waals surface area contributed by atoms with Crippen LogP contribution in [0, 0.1) is 0 Å². The average molecular weight is 422 g/mol. The van der Waals surface area contributed by atoms with Crippen molar-refractivity contribution in [2.45, 2.75) is 19.4 Å². The maximum Gasteiger partial charge on any atom is 0.262 e. The lowest BCUT2D eigenvalue weighted by atomic mass is 10.0. The van der Waals surface area contributed by atoms with Gasteiger partial charge in [0.05, 0.1) is 18.5 Å². The second-order valence-corrected chi connectivity index (χ2v) is 7.45. The number of benzene rings is 2. The van der Waals surface area contributed by atoms with Gasteiger partial charge in [0.25, 0.3) is 5.91 Å². The number of furan rings is 1. The van der Waals surface area contributed by atoms with Crippen molar-refractivity contribution >= 4 is 34.7 Å². The number of carbonyl (C=O) groups is 2. The Hall–Kier alpha value is -3.38. The predicted molar refractivity (Wildman–Crippen MR) is 116 cm³/mol. The molecule has 0 aliphatic carbocycles. The van der Waals surface area contributed by atoms with Crippen LogP contribution in [0.5, 0.6) is 0 Å². The molecule has 0 unspecified atom stereocenters. The number of halogens is 1. The second kappa shape index (κ2) is 8.55. The molecule has 1 amide bonds. The minimum absolute atomic E-state index is 0.0000452. The van der Waals surface area contributed by atoms with Gasteiger partial charge in [0.2, 0.25) is 0 Å². The largest absolute Gasteiger partial charge is 0.467 e. The number of rotatable bonds is 6. The molecule has 152 valence electrons. The zero-order chi connectivity index (χ0) is 21.1. The van der Waals surface area contributed by atoms with E-state index in [1.54, 1.807) is 48.7 Å². The Morgan fingerprint density at radius 2 is 1.87 bits per heavy atom. The van der Waals surface area contributed by atoms with Crippen LogP contribution in [-0.4, -0.2) is 29.0 Å². The third-order valence-corrected chi connectivity index (χ3v) is 5.20. The van der Waals surface area contributed by atoms with Gasteiger partial charge in [-0.25, -0.2) is 5.01 Å². The van der Waals surface area contributed by atoms with Crippen LogP contribution >= 0.6 is 11.6 Å². The topological polar surface area (TPSA) is 74.9 Å². The molecule has 7 heteroatoms. The lowest BCUT2D eigenvalue weighted by Gasteiger charge is -2.20. The molecule has 0 bridgehead atoms. The van der Waals surface area contributed by atoms with Crippen LogP contribution in [0.3, 0.4) is 0 Å². The van der Waals surface area contributed by atoms with Gasteiger partial charge in [-0.05, 0) is 61.0 Å². The summed E-state index contributed by atoms with van der Waals surface area (Å²) in [7, 11) is 0. The normalized spacial score (nSPS) is 15.7. The van der Waals surface area contributed by atoms with Crippen LogP contribution in [0.15, 0.2) is 76.4 Å². The first-order chi connectivity index (χ1) is 14.5. The van der Waals surface area contributed by atoms with Crippen LogP contribution in [0.4, 0.5) is 5.69 Å². The fourth-order valence-electron chi connectivity index (χ4n) is 3.34. The van der Waals surface area contributed by atoms with Crippen molar-refractivity contribution in [3.8, 4) is 0 Å². The van der Waals surface area contributed by atoms with E-state index in [0.717, 1.165) is 17.0 Å². The van der Waals surface area contributed by atoms with E-state index >= 15 is 0 Å². The summed E-state index contributed by atoms with van der Waals surface area (Å²) in [6.45, 7) is 1.58. The summed E-state index contributed by atoms with van der Waals surface area (Å²) in [5.41, 5.74) is 3.09. The zero-order valence-corrected chi connectivity index (χ0v) is 17.1. The standard InChI is InChI=1S/C23H20ClN3O3/c1-15(28)16-6-10-19(11-7-16)25-14-23(29)27-21(22-3-2-12-30-22)13-20(26-27)17-4-8-18(24)9-5-17/h2-12,21,25H,13-14H2,1H3/t21-/m1/s1. The molecule has 0 saturated carbocycles. The molecule has 0 radical (unpaired) electrons. The number of amides is 1. The highest BCUT2D eigenvalue weighted by atomic mass is 35.5. The first-order valence-corrected chi connectivity index (χ1v) is 9.93. The first kappa shape index (κ1) is 19.9. The Morgan fingerprint density at radius 1 is 1.13 bits per heavy atom. The lowest BCUT2D eigenvalue weighted by molar-refractivity contribution is -0.131. The minimum atomic E-state index is -0.305. The third kappa shape index (κ3) is 4.28. The highest BCUT2D eigenvalue weighted by Gasteiger charge is 2.34. The number of ketones is 1. The third-order valence-electron chi connectivity index (χ3n) is 4.95. The molecule has 30 heavy (non-hydrogen) atoms. The SMILES string of the molecule is CC(=O)c1ccc(NCC(=O)N2N=C(c3ccc(Cl)cc3)C[C@@H]2c2ccco2)cc1. The van der Waals surface area contributed by atoms with Crippen molar-refractivity contribution in [2.75, 3.05) is 11.9 Å². The maximum atomic E-state index is 13.0. The molecule has 2 aromatic carbocycles. The molecule has 1 aliphatic heterocycles. The van der Waals surface area contributed by atoms with Gasteiger partial charge in [-0.1, -0.05) is 23.7 Å². The van der Waals surface area contributed by atoms with E-state index < -0.39 is 0 Å². The Balaban J connectivity index is 1.51. The zero-order valence-electron chi connectivity index (χ0n) is 16.3. The molecule has 2 heterocycles. The molecule has 1 aliphatic rings. The Kier molecular flexibility index (Phi) is 5.68. The van der Waals surface area contributed by atoms with Gasteiger partial charge < -0.3 is 9.73 Å². The van der Waals surface area contributed by atoms with Gasteiger partial charge in [-0.15, -0.1) is 0 Å². The number of carbonyl (C=O) groups excluding carboxylic acids is 2. The maximum absolute atomic E-state index is 13.0. The Morgan fingerprint density at radius 3 is 2.50 bits per heavy atom. The summed E-state index contributed by atoms with van der Waals surface area (Å²) in [6, 6.07) is 17.7. The summed E-state index contributed by atoms with van der Waals surface area (Å²) in [6.07, 6.45) is 2.14. The summed E-state index contributed by atoms with van der Waals surface area (Å²) < 4.78 is 5.56. The van der Waals surface area contributed by atoms with Crippen LogP contribution in [0.25, 0.3) is 0 Å². The molecule has 0 spiro atoms. The summed E-state index contributed by atoms with van der Waals surface area (Å²) >= 11 is 5.99. The van der Waals surface area contributed by atoms with Crippen molar-refractivity contribution in [1.82, 2.24) is 5.01 Å². The van der Waals surface area contributed by atoms with E-state index in [-0.39, 0.29) is 24.3 Å². The molecule has 6 nitrogen and oxygen atoms in total. The van der Waals surface area contributed by atoms with Crippen molar-refractivity contribution in [3.63, 3.8) is 0 Å². The van der Waals surface area contributed by atoms with Crippen LogP contribution in [-0.2, 0) is 4.79 Å². The molecule has 1 N–H and O–H groups in total. The van der Waals surface area contributed by atoms with Crippen LogP contribution in [0.2, 0.25) is 5.02 Å². The van der Waals surface area contributed by atoms with E-state index in [1.165, 1.54) is 11.9 Å². The average Bonchev–Trinajstić information content (AvgIpc) is 3.43. The van der Waals surface area contributed by atoms with E-state index in [0.29, 0.717) is 22.8 Å². The van der Waals surface area contributed by atoms with Crippen molar-refractivity contribution in [1.29, 1.82) is 0 Å². The highest BCUT2D eigenvalue weighted by Crippen LogP contribution is 2.33. The van der Waals surface area contributed by atoms with Gasteiger partial charge in [-0.2, -0.15) is 5.10 Å². The Bertz CT molecular complexity index is 1070. The van der Waals surface area contributed by atoms with Gasteiger partial charge in [-0.3, -0.25) is 9.59 Å². The van der Waals surface area contributed by atoms with E-state index in [4.69, 9.17) is 16.0 Å². The van der Waals surface area contributed by atoms with Gasteiger partial charge >= 0.3 is 0 Å².